The van der Waals surface area contributed by atoms with Crippen LogP contribution in [0.1, 0.15) is 18.4 Å². The number of imidazole rings is 1. The van der Waals surface area contributed by atoms with E-state index in [2.05, 4.69) is 17.0 Å². The summed E-state index contributed by atoms with van der Waals surface area (Å²) in [6, 6.07) is 17.9. The molecule has 0 amide bonds. The van der Waals surface area contributed by atoms with Gasteiger partial charge in [0.05, 0.1) is 7.11 Å². The molecule has 0 unspecified atom stereocenters. The Labute approximate surface area is 191 Å². The second kappa shape index (κ2) is 8.61. The molecule has 3 heterocycles. The quantitative estimate of drug-likeness (QED) is 0.456. The van der Waals surface area contributed by atoms with E-state index in [0.717, 1.165) is 30.8 Å². The number of anilines is 2. The largest absolute Gasteiger partial charge is 0.497 e. The summed E-state index contributed by atoms with van der Waals surface area (Å²) in [5, 5.41) is 0. The molecule has 0 fully saturated rings. The van der Waals surface area contributed by atoms with Crippen LogP contribution < -0.4 is 20.9 Å². The molecule has 8 nitrogen and oxygen atoms in total. The van der Waals surface area contributed by atoms with Gasteiger partial charge < -0.3 is 14.2 Å². The summed E-state index contributed by atoms with van der Waals surface area (Å²) >= 11 is 0. The SMILES string of the molecule is COc1cccc(N2CCCn3c2nc2c3c(=O)n(CCCc3ccccc3)c(=O)n2C)c1. The zero-order chi connectivity index (χ0) is 22.9. The second-order valence-corrected chi connectivity index (χ2v) is 8.33. The molecule has 2 aromatic carbocycles. The van der Waals surface area contributed by atoms with E-state index in [9.17, 15) is 9.59 Å². The van der Waals surface area contributed by atoms with Crippen LogP contribution in [-0.2, 0) is 26.6 Å². The summed E-state index contributed by atoms with van der Waals surface area (Å²) in [7, 11) is 3.33. The van der Waals surface area contributed by atoms with Crippen LogP contribution in [0, 0.1) is 0 Å². The molecule has 1 aliphatic rings. The Morgan fingerprint density at radius 2 is 1.85 bits per heavy atom. The normalized spacial score (nSPS) is 13.3. The number of benzene rings is 2. The fourth-order valence-electron chi connectivity index (χ4n) is 4.57. The van der Waals surface area contributed by atoms with Crippen molar-refractivity contribution in [2.45, 2.75) is 32.4 Å². The molecule has 5 rings (SSSR count). The van der Waals surface area contributed by atoms with Gasteiger partial charge in [0.15, 0.2) is 11.2 Å². The van der Waals surface area contributed by atoms with Gasteiger partial charge >= 0.3 is 5.69 Å². The molecule has 170 valence electrons. The molecule has 8 heteroatoms. The lowest BCUT2D eigenvalue weighted by molar-refractivity contribution is 0.415. The third kappa shape index (κ3) is 3.71. The van der Waals surface area contributed by atoms with Gasteiger partial charge in [0, 0.05) is 38.4 Å². The topological polar surface area (TPSA) is 74.3 Å². The fraction of sp³-hybridized carbons (Fsp3) is 0.320. The first-order valence-electron chi connectivity index (χ1n) is 11.2. The molecule has 0 bridgehead atoms. The van der Waals surface area contributed by atoms with Crippen LogP contribution >= 0.6 is 0 Å². The highest BCUT2D eigenvalue weighted by atomic mass is 16.5. The predicted octanol–water partition coefficient (Wildman–Crippen LogP) is 3.08. The number of hydrogen-bond donors (Lipinski definition) is 0. The minimum atomic E-state index is -0.330. The van der Waals surface area contributed by atoms with Gasteiger partial charge in [-0.3, -0.25) is 13.9 Å². The van der Waals surface area contributed by atoms with Crippen molar-refractivity contribution in [1.29, 1.82) is 0 Å². The van der Waals surface area contributed by atoms with Crippen molar-refractivity contribution in [1.82, 2.24) is 18.7 Å². The van der Waals surface area contributed by atoms with Crippen LogP contribution in [0.3, 0.4) is 0 Å². The average molecular weight is 446 g/mol. The number of methoxy groups -OCH3 is 1. The smallest absolute Gasteiger partial charge is 0.332 e. The van der Waals surface area contributed by atoms with Crippen molar-refractivity contribution in [2.24, 2.45) is 7.05 Å². The van der Waals surface area contributed by atoms with E-state index in [1.165, 1.54) is 14.7 Å². The molecular weight excluding hydrogens is 418 g/mol. The molecule has 0 radical (unpaired) electrons. The zero-order valence-electron chi connectivity index (χ0n) is 18.9. The standard InChI is InChI=1S/C25H27N5O3/c1-27-22-21(23(31)30(25(27)32)14-7-11-18-9-4-3-5-10-18)29-16-8-15-28(24(29)26-22)19-12-6-13-20(17-19)33-2/h3-6,9-10,12-13,17H,7-8,11,14-16H2,1-2H3. The molecule has 0 N–H and O–H groups in total. The van der Waals surface area contributed by atoms with Crippen molar-refractivity contribution in [3.63, 3.8) is 0 Å². The Morgan fingerprint density at radius 1 is 1.03 bits per heavy atom. The van der Waals surface area contributed by atoms with Crippen LogP contribution in [0.25, 0.3) is 11.2 Å². The first-order chi connectivity index (χ1) is 16.1. The van der Waals surface area contributed by atoms with Gasteiger partial charge in [0.25, 0.3) is 5.56 Å². The first kappa shape index (κ1) is 21.1. The molecular formula is C25H27N5O3. The third-order valence-electron chi connectivity index (χ3n) is 6.27. The van der Waals surface area contributed by atoms with E-state index >= 15 is 0 Å². The summed E-state index contributed by atoms with van der Waals surface area (Å²) in [6.07, 6.45) is 2.39. The molecule has 1 aliphatic heterocycles. The van der Waals surface area contributed by atoms with Crippen LogP contribution in [0.5, 0.6) is 5.75 Å². The van der Waals surface area contributed by atoms with Crippen LogP contribution in [0.2, 0.25) is 0 Å². The summed E-state index contributed by atoms with van der Waals surface area (Å²) in [5.41, 5.74) is 2.45. The summed E-state index contributed by atoms with van der Waals surface area (Å²) in [4.78, 5) is 33.3. The van der Waals surface area contributed by atoms with E-state index in [0.29, 0.717) is 36.6 Å². The summed E-state index contributed by atoms with van der Waals surface area (Å²) < 4.78 is 10.2. The number of hydrogen-bond acceptors (Lipinski definition) is 5. The molecule has 0 atom stereocenters. The molecule has 33 heavy (non-hydrogen) atoms. The highest BCUT2D eigenvalue weighted by Gasteiger charge is 2.27. The van der Waals surface area contributed by atoms with Gasteiger partial charge in [0.1, 0.15) is 5.75 Å². The zero-order valence-corrected chi connectivity index (χ0v) is 18.9. The van der Waals surface area contributed by atoms with Crippen molar-refractivity contribution < 1.29 is 4.74 Å². The van der Waals surface area contributed by atoms with E-state index in [1.54, 1.807) is 14.2 Å². The Bertz CT molecular complexity index is 1420. The lowest BCUT2D eigenvalue weighted by Gasteiger charge is -2.29. The maximum absolute atomic E-state index is 13.5. The number of nitrogens with zero attached hydrogens (tertiary/aromatic N) is 5. The van der Waals surface area contributed by atoms with Gasteiger partial charge in [0.2, 0.25) is 5.95 Å². The Kier molecular flexibility index (Phi) is 5.50. The highest BCUT2D eigenvalue weighted by molar-refractivity contribution is 5.77. The Hall–Kier alpha value is -3.81. The summed E-state index contributed by atoms with van der Waals surface area (Å²) in [6.45, 7) is 1.83. The van der Waals surface area contributed by atoms with E-state index < -0.39 is 0 Å². The van der Waals surface area contributed by atoms with E-state index in [-0.39, 0.29) is 11.2 Å². The first-order valence-corrected chi connectivity index (χ1v) is 11.2. The number of aromatic nitrogens is 4. The molecule has 0 aliphatic carbocycles. The van der Waals surface area contributed by atoms with Crippen LogP contribution in [-0.4, -0.2) is 32.3 Å². The minimum Gasteiger partial charge on any atom is -0.497 e. The van der Waals surface area contributed by atoms with Gasteiger partial charge in [-0.2, -0.15) is 4.98 Å². The second-order valence-electron chi connectivity index (χ2n) is 8.33. The van der Waals surface area contributed by atoms with Gasteiger partial charge in [-0.25, -0.2) is 4.79 Å². The Morgan fingerprint density at radius 3 is 2.64 bits per heavy atom. The Balaban J connectivity index is 1.55. The number of fused-ring (bicyclic) bond motifs is 3. The third-order valence-corrected chi connectivity index (χ3v) is 6.27. The predicted molar refractivity (Wildman–Crippen MR) is 129 cm³/mol. The van der Waals surface area contributed by atoms with Gasteiger partial charge in [-0.15, -0.1) is 0 Å². The molecule has 2 aromatic heterocycles. The highest BCUT2D eigenvalue weighted by Crippen LogP contribution is 2.32. The lowest BCUT2D eigenvalue weighted by Crippen LogP contribution is -2.40. The van der Waals surface area contributed by atoms with Gasteiger partial charge in [-0.1, -0.05) is 36.4 Å². The van der Waals surface area contributed by atoms with Crippen LogP contribution in [0.4, 0.5) is 11.6 Å². The van der Waals surface area contributed by atoms with Crippen molar-refractivity contribution in [3.8, 4) is 5.75 Å². The van der Waals surface area contributed by atoms with E-state index in [1.807, 2.05) is 47.0 Å². The summed E-state index contributed by atoms with van der Waals surface area (Å²) in [5.74, 6) is 1.44. The molecule has 0 saturated carbocycles. The maximum Gasteiger partial charge on any atom is 0.332 e. The van der Waals surface area contributed by atoms with E-state index in [4.69, 9.17) is 9.72 Å². The van der Waals surface area contributed by atoms with Crippen molar-refractivity contribution >= 4 is 22.8 Å². The number of aryl methyl sites for hydroxylation is 3. The van der Waals surface area contributed by atoms with Crippen LogP contribution in [0.15, 0.2) is 64.2 Å². The monoisotopic (exact) mass is 445 g/mol. The lowest BCUT2D eigenvalue weighted by atomic mass is 10.1. The molecule has 0 spiro atoms. The fourth-order valence-corrected chi connectivity index (χ4v) is 4.57. The molecule has 4 aromatic rings. The number of rotatable bonds is 6. The minimum absolute atomic E-state index is 0.271. The number of ether oxygens (including phenoxy) is 1. The van der Waals surface area contributed by atoms with Crippen molar-refractivity contribution in [3.05, 3.63) is 81.0 Å². The van der Waals surface area contributed by atoms with Crippen molar-refractivity contribution in [2.75, 3.05) is 18.6 Å². The maximum atomic E-state index is 13.5. The van der Waals surface area contributed by atoms with Gasteiger partial charge in [-0.05, 0) is 37.0 Å². The molecule has 0 saturated heterocycles. The average Bonchev–Trinajstić information content (AvgIpc) is 3.25.